The van der Waals surface area contributed by atoms with E-state index < -0.39 is 0 Å². The number of nitrogens with one attached hydrogen (secondary N) is 2. The summed E-state index contributed by atoms with van der Waals surface area (Å²) < 4.78 is 12.2. The predicted octanol–water partition coefficient (Wildman–Crippen LogP) is 6.19. The third kappa shape index (κ3) is 4.32. The molecule has 2 aromatic heterocycles. The molecular formula is C18H19BrN4O4. The molecule has 0 saturated carbocycles. The van der Waals surface area contributed by atoms with Crippen molar-refractivity contribution < 1.29 is 12.6 Å². The summed E-state index contributed by atoms with van der Waals surface area (Å²) in [5.41, 5.74) is 1.82. The Morgan fingerprint density at radius 3 is 2.11 bits per heavy atom. The van der Waals surface area contributed by atoms with Gasteiger partial charge in [0.1, 0.15) is 0 Å². The number of aromatic amines is 2. The van der Waals surface area contributed by atoms with Gasteiger partial charge in [-0.15, -0.1) is 0 Å². The van der Waals surface area contributed by atoms with Crippen molar-refractivity contribution in [3.8, 4) is 0 Å². The second kappa shape index (κ2) is 8.95. The third-order valence-corrected chi connectivity index (χ3v) is 4.23. The number of non-ortho nitro benzene ring substituents is 2. The van der Waals surface area contributed by atoms with Gasteiger partial charge >= 0.3 is 0 Å². The van der Waals surface area contributed by atoms with Gasteiger partial charge in [-0.3, -0.25) is 20.2 Å². The average Bonchev–Trinajstić information content (AvgIpc) is 3.38. The third-order valence-electron chi connectivity index (χ3n) is 3.60. The summed E-state index contributed by atoms with van der Waals surface area (Å²) in [6, 6.07) is 11.6. The molecule has 0 unspecified atom stereocenters. The highest BCUT2D eigenvalue weighted by Crippen LogP contribution is 2.31. The molecule has 4 aromatic rings. The minimum atomic E-state index is -0.388. The van der Waals surface area contributed by atoms with Crippen LogP contribution in [0.15, 0.2) is 59.3 Å². The van der Waals surface area contributed by atoms with Gasteiger partial charge in [-0.2, -0.15) is 0 Å². The number of hydrogen-bond acceptors (Lipinski definition) is 4. The fraction of sp³-hybridized carbons (Fsp3) is 0.111. The van der Waals surface area contributed by atoms with E-state index in [1.807, 2.05) is 6.07 Å². The van der Waals surface area contributed by atoms with Gasteiger partial charge in [-0.25, -0.2) is 0 Å². The Balaban J connectivity index is 0.000000248. The molecule has 0 atom stereocenters. The lowest BCUT2D eigenvalue weighted by Gasteiger charge is -1.93. The number of fused-ring (bicyclic) bond motifs is 2. The summed E-state index contributed by atoms with van der Waals surface area (Å²) in [5, 5.41) is 22.4. The number of nitrogens with zero attached hydrogens (tertiary/aromatic N) is 2. The van der Waals surface area contributed by atoms with E-state index in [9.17, 15) is 20.2 Å². The Labute approximate surface area is 166 Å². The molecule has 8 nitrogen and oxygen atoms in total. The minimum Gasteiger partial charge on any atom is -0.361 e. The van der Waals surface area contributed by atoms with E-state index in [-0.39, 0.29) is 21.2 Å². The molecule has 9 heteroatoms. The Hall–Kier alpha value is -3.20. The monoisotopic (exact) mass is 438 g/mol. The zero-order chi connectivity index (χ0) is 22.0. The first-order valence-electron chi connectivity index (χ1n) is 9.09. The van der Waals surface area contributed by atoms with Gasteiger partial charge in [0.15, 0.2) is 0 Å². The quantitative estimate of drug-likeness (QED) is 0.286. The lowest BCUT2D eigenvalue weighted by Crippen LogP contribution is -1.87. The number of aromatic nitrogens is 2. The van der Waals surface area contributed by atoms with Crippen molar-refractivity contribution in [2.45, 2.75) is 14.8 Å². The van der Waals surface area contributed by atoms with Gasteiger partial charge in [0.05, 0.1) is 31.7 Å². The smallest absolute Gasteiger partial charge is 0.279 e. The Bertz CT molecular complexity index is 1100. The Morgan fingerprint density at radius 2 is 1.48 bits per heavy atom. The molecule has 0 spiro atoms. The maximum Gasteiger partial charge on any atom is 0.279 e. The molecular weight excluding hydrogens is 416 g/mol. The molecule has 2 heterocycles. The normalized spacial score (nSPS) is 10.2. The molecule has 142 valence electrons. The van der Waals surface area contributed by atoms with E-state index in [1.54, 1.807) is 36.7 Å². The van der Waals surface area contributed by atoms with E-state index >= 15 is 0 Å². The maximum atomic E-state index is 10.6. The van der Waals surface area contributed by atoms with Crippen LogP contribution in [-0.4, -0.2) is 19.8 Å². The summed E-state index contributed by atoms with van der Waals surface area (Å²) in [4.78, 5) is 26.2. The van der Waals surface area contributed by atoms with Gasteiger partial charge in [-0.05, 0) is 34.1 Å². The van der Waals surface area contributed by atoms with Crippen LogP contribution in [0.3, 0.4) is 0 Å². The van der Waals surface area contributed by atoms with Gasteiger partial charge in [-0.1, -0.05) is 26.9 Å². The highest BCUT2D eigenvalue weighted by atomic mass is 79.9. The summed E-state index contributed by atoms with van der Waals surface area (Å²) >= 11 is 3.25. The maximum absolute atomic E-state index is 10.6. The van der Waals surface area contributed by atoms with Crippen LogP contribution in [0, 0.1) is 20.2 Å². The van der Waals surface area contributed by atoms with E-state index in [4.69, 9.17) is 2.74 Å². The Morgan fingerprint density at radius 1 is 0.889 bits per heavy atom. The number of nitro benzene ring substituents is 2. The predicted molar refractivity (Wildman–Crippen MR) is 111 cm³/mol. The number of benzene rings is 2. The van der Waals surface area contributed by atoms with Crippen molar-refractivity contribution in [1.82, 2.24) is 9.97 Å². The topological polar surface area (TPSA) is 118 Å². The largest absolute Gasteiger partial charge is 0.361 e. The highest BCUT2D eigenvalue weighted by Gasteiger charge is 2.14. The second-order valence-electron chi connectivity index (χ2n) is 5.07. The first-order chi connectivity index (χ1) is 14.0. The SMILES string of the molecule is O=[N+]([O-])c1cccc2[nH]cc(Br)c12.O=[N+]([O-])c1cccc2[nH]ccc12.[3H]C.[3H]C. The van der Waals surface area contributed by atoms with Gasteiger partial charge in [0.25, 0.3) is 11.4 Å². The van der Waals surface area contributed by atoms with Crippen molar-refractivity contribution in [2.75, 3.05) is 0 Å². The van der Waals surface area contributed by atoms with Crippen molar-refractivity contribution >= 4 is 49.1 Å². The molecule has 2 N–H and O–H groups in total. The number of nitro groups is 2. The van der Waals surface area contributed by atoms with Crippen LogP contribution >= 0.6 is 15.9 Å². The standard InChI is InChI=1S/C8H5BrN2O2.C8H6N2O2.2CH4/c9-5-4-10-6-2-1-3-7(8(5)6)11(12)13;11-10(12)8-3-1-2-7-6(8)4-5-9-7;;/h1-4,10H;1-5,9H;2*1H4/i;;2*1T. The molecule has 4 rings (SSSR count). The summed E-state index contributed by atoms with van der Waals surface area (Å²) in [5.74, 6) is 0. The van der Waals surface area contributed by atoms with Gasteiger partial charge in [0.2, 0.25) is 0 Å². The second-order valence-corrected chi connectivity index (χ2v) is 5.92. The molecule has 0 aliphatic rings. The molecule has 2 aromatic carbocycles. The van der Waals surface area contributed by atoms with E-state index in [1.165, 1.54) is 26.9 Å². The molecule has 0 fully saturated rings. The van der Waals surface area contributed by atoms with Crippen LogP contribution in [0.2, 0.25) is 0 Å². The number of H-pyrrole nitrogens is 2. The van der Waals surface area contributed by atoms with Crippen LogP contribution < -0.4 is 0 Å². The van der Waals surface area contributed by atoms with Gasteiger partial charge < -0.3 is 9.97 Å². The lowest BCUT2D eigenvalue weighted by molar-refractivity contribution is -0.383. The van der Waals surface area contributed by atoms with Gasteiger partial charge in [0, 0.05) is 31.7 Å². The van der Waals surface area contributed by atoms with Crippen LogP contribution in [0.25, 0.3) is 21.8 Å². The first kappa shape index (κ1) is 18.6. The fourth-order valence-corrected chi connectivity index (χ4v) is 3.04. The molecule has 27 heavy (non-hydrogen) atoms. The lowest BCUT2D eigenvalue weighted by atomic mass is 10.2. The van der Waals surface area contributed by atoms with Crippen LogP contribution in [0.5, 0.6) is 0 Å². The first-order valence-corrected chi connectivity index (χ1v) is 7.89. The zero-order valence-corrected chi connectivity index (χ0v) is 16.2. The van der Waals surface area contributed by atoms with Crippen LogP contribution in [0.4, 0.5) is 11.4 Å². The van der Waals surface area contributed by atoms with Crippen LogP contribution in [-0.2, 0) is 0 Å². The van der Waals surface area contributed by atoms with E-state index in [0.717, 1.165) is 15.5 Å². The van der Waals surface area contributed by atoms with E-state index in [0.29, 0.717) is 10.8 Å². The summed E-state index contributed by atoms with van der Waals surface area (Å²) in [7, 11) is 2.50. The molecule has 0 aliphatic carbocycles. The fourth-order valence-electron chi connectivity index (χ4n) is 2.50. The van der Waals surface area contributed by atoms with Crippen molar-refractivity contribution in [3.63, 3.8) is 0 Å². The van der Waals surface area contributed by atoms with E-state index in [2.05, 4.69) is 25.9 Å². The molecule has 0 amide bonds. The van der Waals surface area contributed by atoms with Crippen LogP contribution in [0.1, 0.15) is 17.5 Å². The number of rotatable bonds is 2. The molecule has 0 saturated heterocycles. The molecule has 0 radical (unpaired) electrons. The Kier molecular flexibility index (Phi) is 6.16. The summed E-state index contributed by atoms with van der Waals surface area (Å²) in [6.45, 7) is 0. The number of halogens is 1. The minimum absolute atomic E-state index is 0.116. The molecule has 0 bridgehead atoms. The number of hydrogen-bond donors (Lipinski definition) is 2. The summed E-state index contributed by atoms with van der Waals surface area (Å²) in [6.07, 6.45) is 3.38. The van der Waals surface area contributed by atoms with Crippen molar-refractivity contribution in [2.24, 2.45) is 0 Å². The van der Waals surface area contributed by atoms with Crippen molar-refractivity contribution in [3.05, 3.63) is 79.6 Å². The average molecular weight is 439 g/mol. The highest BCUT2D eigenvalue weighted by molar-refractivity contribution is 9.10. The zero-order valence-electron chi connectivity index (χ0n) is 16.6. The molecule has 0 aliphatic heterocycles. The van der Waals surface area contributed by atoms with Crippen molar-refractivity contribution in [1.29, 1.82) is 0 Å².